The van der Waals surface area contributed by atoms with Crippen LogP contribution in [0.15, 0.2) is 28.7 Å². The number of nitrogens with zero attached hydrogens (tertiary/aromatic N) is 3. The van der Waals surface area contributed by atoms with Crippen LogP contribution >= 0.6 is 11.6 Å². The Morgan fingerprint density at radius 2 is 1.81 bits per heavy atom. The van der Waals surface area contributed by atoms with Crippen molar-refractivity contribution in [1.82, 2.24) is 14.2 Å². The molecule has 1 unspecified atom stereocenters. The summed E-state index contributed by atoms with van der Waals surface area (Å²) in [7, 11) is -3.12. The standard InChI is InChI=1S/C18H24ClN3O3S/c1-4-26(23,24)22-11-9-21(10-12-22)14(3)18-20-13(2)17(25-18)15-5-7-16(19)8-6-15/h5-8,14H,4,9-12H2,1-3H3. The van der Waals surface area contributed by atoms with Gasteiger partial charge in [-0.25, -0.2) is 13.4 Å². The predicted molar refractivity (Wildman–Crippen MR) is 103 cm³/mol. The summed E-state index contributed by atoms with van der Waals surface area (Å²) in [4.78, 5) is 6.80. The molecule has 1 saturated heterocycles. The predicted octanol–water partition coefficient (Wildman–Crippen LogP) is 3.33. The number of oxazole rings is 1. The second kappa shape index (κ2) is 7.68. The Labute approximate surface area is 159 Å². The average molecular weight is 398 g/mol. The van der Waals surface area contributed by atoms with E-state index in [1.807, 2.05) is 38.1 Å². The summed E-state index contributed by atoms with van der Waals surface area (Å²) in [6, 6.07) is 7.48. The number of rotatable bonds is 5. The third-order valence-electron chi connectivity index (χ3n) is 4.86. The zero-order chi connectivity index (χ0) is 18.9. The van der Waals surface area contributed by atoms with Gasteiger partial charge in [0.25, 0.3) is 0 Å². The van der Waals surface area contributed by atoms with Gasteiger partial charge in [-0.15, -0.1) is 0 Å². The molecule has 0 bridgehead atoms. The lowest BCUT2D eigenvalue weighted by Gasteiger charge is -2.36. The van der Waals surface area contributed by atoms with Crippen molar-refractivity contribution in [2.24, 2.45) is 0 Å². The Morgan fingerprint density at radius 1 is 1.19 bits per heavy atom. The topological polar surface area (TPSA) is 66.7 Å². The first-order valence-electron chi connectivity index (χ1n) is 8.77. The molecule has 0 radical (unpaired) electrons. The lowest BCUT2D eigenvalue weighted by Crippen LogP contribution is -2.49. The van der Waals surface area contributed by atoms with Crippen molar-refractivity contribution in [3.8, 4) is 11.3 Å². The third-order valence-corrected chi connectivity index (χ3v) is 6.99. The normalized spacial score (nSPS) is 18.2. The number of halogens is 1. The van der Waals surface area contributed by atoms with Crippen molar-refractivity contribution in [2.45, 2.75) is 26.8 Å². The molecule has 1 aliphatic rings. The molecule has 3 rings (SSSR count). The van der Waals surface area contributed by atoms with E-state index < -0.39 is 10.0 Å². The number of aromatic nitrogens is 1. The number of sulfonamides is 1. The zero-order valence-electron chi connectivity index (χ0n) is 15.3. The van der Waals surface area contributed by atoms with Gasteiger partial charge in [-0.2, -0.15) is 4.31 Å². The Hall–Kier alpha value is -1.41. The van der Waals surface area contributed by atoms with Crippen LogP contribution in [0.1, 0.15) is 31.5 Å². The van der Waals surface area contributed by atoms with Gasteiger partial charge in [0.2, 0.25) is 15.9 Å². The van der Waals surface area contributed by atoms with E-state index in [-0.39, 0.29) is 11.8 Å². The van der Waals surface area contributed by atoms with Gasteiger partial charge in [0, 0.05) is 36.8 Å². The van der Waals surface area contributed by atoms with E-state index in [1.165, 1.54) is 0 Å². The monoisotopic (exact) mass is 397 g/mol. The highest BCUT2D eigenvalue weighted by Gasteiger charge is 2.30. The fourth-order valence-electron chi connectivity index (χ4n) is 3.17. The number of piperazine rings is 1. The van der Waals surface area contributed by atoms with Crippen LogP contribution in [0.3, 0.4) is 0 Å². The van der Waals surface area contributed by atoms with E-state index in [2.05, 4.69) is 9.88 Å². The van der Waals surface area contributed by atoms with E-state index in [1.54, 1.807) is 11.2 Å². The van der Waals surface area contributed by atoms with Gasteiger partial charge >= 0.3 is 0 Å². The Balaban J connectivity index is 1.72. The van der Waals surface area contributed by atoms with Gasteiger partial charge < -0.3 is 4.42 Å². The minimum Gasteiger partial charge on any atom is -0.439 e. The average Bonchev–Trinajstić information content (AvgIpc) is 3.03. The molecule has 2 aromatic rings. The fraction of sp³-hybridized carbons (Fsp3) is 0.500. The molecule has 0 N–H and O–H groups in total. The molecule has 8 heteroatoms. The van der Waals surface area contributed by atoms with Gasteiger partial charge in [0.05, 0.1) is 17.5 Å². The van der Waals surface area contributed by atoms with Crippen molar-refractivity contribution in [3.63, 3.8) is 0 Å². The first-order valence-corrected chi connectivity index (χ1v) is 10.8. The van der Waals surface area contributed by atoms with Crippen LogP contribution in [0.4, 0.5) is 0 Å². The molecule has 0 aliphatic carbocycles. The molecule has 26 heavy (non-hydrogen) atoms. The van der Waals surface area contributed by atoms with Gasteiger partial charge in [0.15, 0.2) is 5.76 Å². The second-order valence-electron chi connectivity index (χ2n) is 6.49. The Morgan fingerprint density at radius 3 is 2.38 bits per heavy atom. The van der Waals surface area contributed by atoms with Crippen molar-refractivity contribution < 1.29 is 12.8 Å². The largest absolute Gasteiger partial charge is 0.439 e. The summed E-state index contributed by atoms with van der Waals surface area (Å²) in [5.74, 6) is 1.54. The molecule has 2 heterocycles. The van der Waals surface area contributed by atoms with Crippen molar-refractivity contribution in [3.05, 3.63) is 40.9 Å². The van der Waals surface area contributed by atoms with Crippen LogP contribution in [0.25, 0.3) is 11.3 Å². The maximum atomic E-state index is 12.0. The first kappa shape index (κ1) is 19.4. The number of hydrogen-bond donors (Lipinski definition) is 0. The molecule has 1 aromatic heterocycles. The highest BCUT2D eigenvalue weighted by molar-refractivity contribution is 7.89. The summed E-state index contributed by atoms with van der Waals surface area (Å²) in [5, 5.41) is 0.680. The van der Waals surface area contributed by atoms with Crippen molar-refractivity contribution >= 4 is 21.6 Å². The fourth-order valence-corrected chi connectivity index (χ4v) is 4.38. The molecular formula is C18H24ClN3O3S. The van der Waals surface area contributed by atoms with Crippen LogP contribution in [0, 0.1) is 6.92 Å². The molecule has 6 nitrogen and oxygen atoms in total. The summed E-state index contributed by atoms with van der Waals surface area (Å²) < 4.78 is 31.6. The van der Waals surface area contributed by atoms with Crippen molar-refractivity contribution in [1.29, 1.82) is 0 Å². The molecule has 1 aromatic carbocycles. The zero-order valence-corrected chi connectivity index (χ0v) is 16.8. The summed E-state index contributed by atoms with van der Waals surface area (Å²) in [6.45, 7) is 7.99. The maximum Gasteiger partial charge on any atom is 0.213 e. The molecule has 1 fully saturated rings. The minimum absolute atomic E-state index is 0.0127. The van der Waals surface area contributed by atoms with E-state index in [0.29, 0.717) is 37.1 Å². The summed E-state index contributed by atoms with van der Waals surface area (Å²) >= 11 is 5.95. The highest BCUT2D eigenvalue weighted by atomic mass is 35.5. The molecule has 0 spiro atoms. The van der Waals surface area contributed by atoms with Gasteiger partial charge in [-0.05, 0) is 45.0 Å². The molecule has 1 atom stereocenters. The summed E-state index contributed by atoms with van der Waals surface area (Å²) in [5.41, 5.74) is 1.78. The lowest BCUT2D eigenvalue weighted by atomic mass is 10.1. The third kappa shape index (κ3) is 3.96. The van der Waals surface area contributed by atoms with Crippen LogP contribution < -0.4 is 0 Å². The minimum atomic E-state index is -3.12. The van der Waals surface area contributed by atoms with Gasteiger partial charge in [-0.1, -0.05) is 11.6 Å². The first-order chi connectivity index (χ1) is 12.3. The SMILES string of the molecule is CCS(=O)(=O)N1CCN(C(C)c2nc(C)c(-c3ccc(Cl)cc3)o2)CC1. The van der Waals surface area contributed by atoms with Crippen LogP contribution in [-0.2, 0) is 10.0 Å². The van der Waals surface area contributed by atoms with Crippen molar-refractivity contribution in [2.75, 3.05) is 31.9 Å². The molecular weight excluding hydrogens is 374 g/mol. The molecule has 0 saturated carbocycles. The number of hydrogen-bond acceptors (Lipinski definition) is 5. The molecule has 142 valence electrons. The second-order valence-corrected chi connectivity index (χ2v) is 9.18. The molecule has 0 amide bonds. The number of aryl methyl sites for hydroxylation is 1. The lowest BCUT2D eigenvalue weighted by molar-refractivity contribution is 0.130. The van der Waals surface area contributed by atoms with Gasteiger partial charge in [-0.3, -0.25) is 4.90 Å². The van der Waals surface area contributed by atoms with E-state index >= 15 is 0 Å². The van der Waals surface area contributed by atoms with E-state index in [0.717, 1.165) is 17.0 Å². The van der Waals surface area contributed by atoms with E-state index in [9.17, 15) is 8.42 Å². The molecule has 1 aliphatic heterocycles. The van der Waals surface area contributed by atoms with Crippen LogP contribution in [0.5, 0.6) is 0 Å². The van der Waals surface area contributed by atoms with Crippen LogP contribution in [0.2, 0.25) is 5.02 Å². The van der Waals surface area contributed by atoms with Crippen LogP contribution in [-0.4, -0.2) is 54.5 Å². The van der Waals surface area contributed by atoms with Gasteiger partial charge in [0.1, 0.15) is 0 Å². The Bertz CT molecular complexity index is 856. The highest BCUT2D eigenvalue weighted by Crippen LogP contribution is 2.30. The smallest absolute Gasteiger partial charge is 0.213 e. The summed E-state index contributed by atoms with van der Waals surface area (Å²) in [6.07, 6.45) is 0. The van der Waals surface area contributed by atoms with E-state index in [4.69, 9.17) is 16.0 Å². The maximum absolute atomic E-state index is 12.0. The quantitative estimate of drug-likeness (QED) is 0.774. The number of benzene rings is 1. The Kier molecular flexibility index (Phi) is 5.72.